The number of carboxylic acids is 1. The second-order valence-electron chi connectivity index (χ2n) is 6.32. The van der Waals surface area contributed by atoms with Crippen LogP contribution in [0.25, 0.3) is 22.2 Å². The molecule has 0 aliphatic rings. The van der Waals surface area contributed by atoms with E-state index in [-0.39, 0.29) is 12.3 Å². The molecule has 0 unspecified atom stereocenters. The summed E-state index contributed by atoms with van der Waals surface area (Å²) >= 11 is 0. The molecular weight excluding hydrogens is 371 g/mol. The lowest BCUT2D eigenvalue weighted by atomic mass is 10.1. The molecular formula is C21H14F3NO3. The smallest absolute Gasteiger partial charge is 0.416 e. The van der Waals surface area contributed by atoms with Gasteiger partial charge in [-0.2, -0.15) is 13.2 Å². The normalized spacial score (nSPS) is 11.8. The van der Waals surface area contributed by atoms with E-state index >= 15 is 0 Å². The number of alkyl halides is 3. The van der Waals surface area contributed by atoms with Crippen LogP contribution in [0.4, 0.5) is 13.2 Å². The molecule has 7 heteroatoms. The molecule has 0 amide bonds. The predicted octanol–water partition coefficient (Wildman–Crippen LogP) is 5.67. The van der Waals surface area contributed by atoms with Crippen molar-refractivity contribution in [3.63, 3.8) is 0 Å². The number of hydrogen-bond acceptors (Lipinski definition) is 2. The van der Waals surface area contributed by atoms with Crippen LogP contribution in [0.1, 0.15) is 21.9 Å². The first-order valence-corrected chi connectivity index (χ1v) is 8.41. The van der Waals surface area contributed by atoms with Crippen molar-refractivity contribution in [2.24, 2.45) is 0 Å². The molecule has 0 bridgehead atoms. The average Bonchev–Trinajstić information content (AvgIpc) is 3.27. The van der Waals surface area contributed by atoms with Gasteiger partial charge >= 0.3 is 12.1 Å². The van der Waals surface area contributed by atoms with E-state index in [2.05, 4.69) is 0 Å². The van der Waals surface area contributed by atoms with Crippen LogP contribution in [0, 0.1) is 0 Å². The Labute approximate surface area is 157 Å². The van der Waals surface area contributed by atoms with Gasteiger partial charge in [0, 0.05) is 16.6 Å². The Balaban J connectivity index is 1.87. The zero-order valence-electron chi connectivity index (χ0n) is 14.4. The van der Waals surface area contributed by atoms with Crippen LogP contribution in [-0.4, -0.2) is 15.6 Å². The highest BCUT2D eigenvalue weighted by atomic mass is 19.4. The maximum Gasteiger partial charge on any atom is 0.416 e. The van der Waals surface area contributed by atoms with Gasteiger partial charge in [0.15, 0.2) is 0 Å². The number of carboxylic acid groups (broad SMARTS) is 1. The van der Waals surface area contributed by atoms with Crippen LogP contribution in [0.2, 0.25) is 0 Å². The Hall–Kier alpha value is -3.48. The number of hydrogen-bond donors (Lipinski definition) is 1. The van der Waals surface area contributed by atoms with Gasteiger partial charge in [-0.1, -0.05) is 30.3 Å². The predicted molar refractivity (Wildman–Crippen MR) is 97.1 cm³/mol. The van der Waals surface area contributed by atoms with E-state index in [0.717, 1.165) is 17.7 Å². The molecule has 2 aromatic carbocycles. The van der Waals surface area contributed by atoms with Crippen LogP contribution < -0.4 is 0 Å². The van der Waals surface area contributed by atoms with Crippen molar-refractivity contribution in [2.45, 2.75) is 12.7 Å². The summed E-state index contributed by atoms with van der Waals surface area (Å²) in [5, 5.41) is 9.47. The monoisotopic (exact) mass is 385 g/mol. The molecule has 0 saturated heterocycles. The highest BCUT2D eigenvalue weighted by molar-refractivity contribution is 5.88. The molecule has 0 atom stereocenters. The molecule has 0 aliphatic heterocycles. The van der Waals surface area contributed by atoms with Gasteiger partial charge in [0.25, 0.3) is 0 Å². The number of furan rings is 1. The van der Waals surface area contributed by atoms with Gasteiger partial charge in [-0.05, 0) is 42.0 Å². The highest BCUT2D eigenvalue weighted by Crippen LogP contribution is 2.35. The summed E-state index contributed by atoms with van der Waals surface area (Å²) in [6.07, 6.45) is -4.43. The Morgan fingerprint density at radius 3 is 2.39 bits per heavy atom. The van der Waals surface area contributed by atoms with Crippen molar-refractivity contribution < 1.29 is 27.5 Å². The van der Waals surface area contributed by atoms with Gasteiger partial charge < -0.3 is 14.1 Å². The minimum Gasteiger partial charge on any atom is -0.475 e. The molecule has 0 aliphatic carbocycles. The van der Waals surface area contributed by atoms with E-state index < -0.39 is 17.7 Å². The first-order valence-electron chi connectivity index (χ1n) is 8.41. The molecule has 0 spiro atoms. The summed E-state index contributed by atoms with van der Waals surface area (Å²) in [4.78, 5) is 11.0. The summed E-state index contributed by atoms with van der Waals surface area (Å²) in [6.45, 7) is 0.187. The Morgan fingerprint density at radius 2 is 1.75 bits per heavy atom. The number of aromatic nitrogens is 1. The summed E-state index contributed by atoms with van der Waals surface area (Å²) in [5.74, 6) is -0.972. The van der Waals surface area contributed by atoms with Crippen LogP contribution in [-0.2, 0) is 12.7 Å². The van der Waals surface area contributed by atoms with Gasteiger partial charge in [0.1, 0.15) is 5.76 Å². The minimum atomic E-state index is -4.43. The lowest BCUT2D eigenvalue weighted by Gasteiger charge is -2.10. The number of carbonyl (C=O) groups is 1. The average molecular weight is 385 g/mol. The maximum absolute atomic E-state index is 13.1. The molecule has 0 radical (unpaired) electrons. The van der Waals surface area contributed by atoms with Crippen LogP contribution in [0.5, 0.6) is 0 Å². The molecule has 4 aromatic rings. The van der Waals surface area contributed by atoms with E-state index in [1.807, 2.05) is 34.9 Å². The largest absolute Gasteiger partial charge is 0.475 e. The van der Waals surface area contributed by atoms with Crippen molar-refractivity contribution in [1.82, 2.24) is 4.57 Å². The van der Waals surface area contributed by atoms with E-state index in [1.54, 1.807) is 12.1 Å². The van der Waals surface area contributed by atoms with Crippen molar-refractivity contribution >= 4 is 16.9 Å². The van der Waals surface area contributed by atoms with Gasteiger partial charge in [0.05, 0.1) is 12.1 Å². The van der Waals surface area contributed by atoms with Gasteiger partial charge in [-0.3, -0.25) is 0 Å². The van der Waals surface area contributed by atoms with Crippen LogP contribution in [0.3, 0.4) is 0 Å². The van der Waals surface area contributed by atoms with E-state index in [1.165, 1.54) is 12.1 Å². The fourth-order valence-electron chi connectivity index (χ4n) is 3.20. The SMILES string of the molecule is O=C(O)c1ccc(Cn2c(-c3ccccc3)cc3cc(C(F)(F)F)ccc32)o1. The second-order valence-corrected chi connectivity index (χ2v) is 6.32. The van der Waals surface area contributed by atoms with Gasteiger partial charge in [-0.15, -0.1) is 0 Å². The van der Waals surface area contributed by atoms with E-state index in [4.69, 9.17) is 9.52 Å². The Bertz CT molecular complexity index is 1160. The summed E-state index contributed by atoms with van der Waals surface area (Å²) in [5.41, 5.74) is 1.42. The molecule has 142 valence electrons. The molecule has 0 fully saturated rings. The first kappa shape index (κ1) is 17.9. The zero-order valence-corrected chi connectivity index (χ0v) is 14.4. The standard InChI is InChI=1S/C21H14F3NO3/c22-21(23,24)15-6-8-17-14(10-15)11-18(13-4-2-1-3-5-13)25(17)12-16-7-9-19(28-16)20(26)27/h1-11H,12H2,(H,26,27). The van der Waals surface area contributed by atoms with Gasteiger partial charge in [0.2, 0.25) is 5.76 Å². The van der Waals surface area contributed by atoms with Crippen LogP contribution in [0.15, 0.2) is 71.1 Å². The number of nitrogens with zero attached hydrogens (tertiary/aromatic N) is 1. The van der Waals surface area contributed by atoms with Crippen molar-refractivity contribution in [1.29, 1.82) is 0 Å². The maximum atomic E-state index is 13.1. The minimum absolute atomic E-state index is 0.187. The first-order chi connectivity index (χ1) is 13.3. The van der Waals surface area contributed by atoms with E-state index in [9.17, 15) is 18.0 Å². The molecule has 4 rings (SSSR count). The molecule has 2 aromatic heterocycles. The summed E-state index contributed by atoms with van der Waals surface area (Å²) < 4.78 is 46.4. The highest BCUT2D eigenvalue weighted by Gasteiger charge is 2.31. The molecule has 1 N–H and O–H groups in total. The van der Waals surface area contributed by atoms with E-state index in [0.29, 0.717) is 22.4 Å². The van der Waals surface area contributed by atoms with Crippen molar-refractivity contribution in [3.05, 3.63) is 83.8 Å². The zero-order chi connectivity index (χ0) is 19.9. The Kier molecular flexibility index (Phi) is 4.22. The lowest BCUT2D eigenvalue weighted by molar-refractivity contribution is -0.137. The quantitative estimate of drug-likeness (QED) is 0.493. The number of halogens is 3. The van der Waals surface area contributed by atoms with Crippen molar-refractivity contribution in [3.8, 4) is 11.3 Å². The third kappa shape index (κ3) is 3.26. The topological polar surface area (TPSA) is 55.4 Å². The second kappa shape index (κ2) is 6.60. The van der Waals surface area contributed by atoms with Crippen molar-refractivity contribution in [2.75, 3.05) is 0 Å². The summed E-state index contributed by atoms with van der Waals surface area (Å²) in [7, 11) is 0. The third-order valence-electron chi connectivity index (χ3n) is 4.48. The molecule has 2 heterocycles. The van der Waals surface area contributed by atoms with Crippen LogP contribution >= 0.6 is 0 Å². The fourth-order valence-corrected chi connectivity index (χ4v) is 3.20. The third-order valence-corrected chi connectivity index (χ3v) is 4.48. The van der Waals surface area contributed by atoms with Gasteiger partial charge in [-0.25, -0.2) is 4.79 Å². The molecule has 0 saturated carbocycles. The number of benzene rings is 2. The number of rotatable bonds is 4. The lowest BCUT2D eigenvalue weighted by Crippen LogP contribution is -2.05. The number of aromatic carboxylic acids is 1. The molecule has 28 heavy (non-hydrogen) atoms. The number of fused-ring (bicyclic) bond motifs is 1. The fraction of sp³-hybridized carbons (Fsp3) is 0.0952. The molecule has 4 nitrogen and oxygen atoms in total. The Morgan fingerprint density at radius 1 is 1.00 bits per heavy atom. The summed E-state index contributed by atoms with van der Waals surface area (Å²) in [6, 6.07) is 17.4.